The first-order chi connectivity index (χ1) is 11.0. The monoisotopic (exact) mass is 351 g/mol. The summed E-state index contributed by atoms with van der Waals surface area (Å²) in [5.74, 6) is 0.414. The van der Waals surface area contributed by atoms with Crippen LogP contribution in [0.2, 0.25) is 10.0 Å². The van der Waals surface area contributed by atoms with Crippen LogP contribution in [0, 0.1) is 0 Å². The molecule has 0 radical (unpaired) electrons. The first kappa shape index (κ1) is 17.6. The van der Waals surface area contributed by atoms with E-state index in [4.69, 9.17) is 27.9 Å². The van der Waals surface area contributed by atoms with Crippen molar-refractivity contribution in [2.75, 3.05) is 5.32 Å². The molecule has 2 aromatic rings. The van der Waals surface area contributed by atoms with Crippen molar-refractivity contribution in [3.05, 3.63) is 58.1 Å². The quantitative estimate of drug-likeness (QED) is 0.761. The Morgan fingerprint density at radius 3 is 2.43 bits per heavy atom. The Morgan fingerprint density at radius 2 is 1.83 bits per heavy atom. The molecule has 2 rings (SSSR count). The number of amides is 1. The Balaban J connectivity index is 2.07. The molecule has 0 bridgehead atoms. The van der Waals surface area contributed by atoms with Crippen molar-refractivity contribution in [2.45, 2.75) is 32.8 Å². The minimum absolute atomic E-state index is 0.253. The number of benzene rings is 2. The van der Waals surface area contributed by atoms with E-state index >= 15 is 0 Å². The molecule has 0 aliphatic rings. The third-order valence-electron chi connectivity index (χ3n) is 3.46. The van der Waals surface area contributed by atoms with Crippen molar-refractivity contribution >= 4 is 34.8 Å². The Morgan fingerprint density at radius 1 is 1.13 bits per heavy atom. The van der Waals surface area contributed by atoms with Gasteiger partial charge in [0.25, 0.3) is 5.91 Å². The summed E-state index contributed by atoms with van der Waals surface area (Å²) >= 11 is 12.0. The van der Waals surface area contributed by atoms with Crippen LogP contribution >= 0.6 is 23.2 Å². The molecule has 5 heteroatoms. The Hall–Kier alpha value is -1.71. The number of hydrogen-bond acceptors (Lipinski definition) is 2. The molecule has 122 valence electrons. The van der Waals surface area contributed by atoms with E-state index < -0.39 is 6.10 Å². The number of hydrogen-bond donors (Lipinski definition) is 1. The topological polar surface area (TPSA) is 38.3 Å². The van der Waals surface area contributed by atoms with E-state index in [0.29, 0.717) is 27.9 Å². The van der Waals surface area contributed by atoms with Crippen molar-refractivity contribution in [1.82, 2.24) is 0 Å². The lowest BCUT2D eigenvalue weighted by Crippen LogP contribution is -2.32. The highest BCUT2D eigenvalue weighted by atomic mass is 35.5. The summed E-state index contributed by atoms with van der Waals surface area (Å²) in [7, 11) is 0. The predicted molar refractivity (Wildman–Crippen MR) is 95.6 cm³/mol. The van der Waals surface area contributed by atoms with E-state index in [1.54, 1.807) is 18.2 Å². The van der Waals surface area contributed by atoms with Gasteiger partial charge >= 0.3 is 0 Å². The summed E-state index contributed by atoms with van der Waals surface area (Å²) in [6.07, 6.45) is 0.905. The summed E-state index contributed by atoms with van der Waals surface area (Å²) in [6.45, 7) is 3.98. The van der Waals surface area contributed by atoms with Gasteiger partial charge in [-0.1, -0.05) is 49.2 Å². The average Bonchev–Trinajstić information content (AvgIpc) is 2.56. The number of carbonyl (C=O) groups excluding carboxylic acids is 1. The Bertz CT molecular complexity index is 671. The van der Waals surface area contributed by atoms with Gasteiger partial charge in [0, 0.05) is 5.02 Å². The zero-order valence-electron chi connectivity index (χ0n) is 13.1. The number of anilines is 1. The van der Waals surface area contributed by atoms with Crippen molar-refractivity contribution in [2.24, 2.45) is 0 Å². The lowest BCUT2D eigenvalue weighted by atomic mass is 10.1. The van der Waals surface area contributed by atoms with Gasteiger partial charge in [-0.2, -0.15) is 0 Å². The highest BCUT2D eigenvalue weighted by molar-refractivity contribution is 6.35. The van der Waals surface area contributed by atoms with Crippen LogP contribution in [0.15, 0.2) is 42.5 Å². The van der Waals surface area contributed by atoms with Gasteiger partial charge in [0.2, 0.25) is 0 Å². The van der Waals surface area contributed by atoms with Crippen LogP contribution in [0.25, 0.3) is 0 Å². The molecule has 1 N–H and O–H groups in total. The van der Waals surface area contributed by atoms with Crippen LogP contribution in [-0.2, 0) is 11.2 Å². The summed E-state index contributed by atoms with van der Waals surface area (Å²) in [4.78, 5) is 12.4. The molecule has 0 unspecified atom stereocenters. The lowest BCUT2D eigenvalue weighted by Gasteiger charge is -2.18. The number of rotatable bonds is 6. The van der Waals surface area contributed by atoms with E-state index in [0.717, 1.165) is 6.42 Å². The molecule has 3 nitrogen and oxygen atoms in total. The van der Waals surface area contributed by atoms with E-state index in [1.807, 2.05) is 31.2 Å². The molecule has 1 amide bonds. The number of halogens is 2. The normalized spacial score (nSPS) is 11.8. The van der Waals surface area contributed by atoms with Crippen molar-refractivity contribution in [1.29, 1.82) is 0 Å². The number of ether oxygens (including phenoxy) is 1. The van der Waals surface area contributed by atoms with Gasteiger partial charge in [-0.25, -0.2) is 0 Å². The molecule has 0 heterocycles. The highest BCUT2D eigenvalue weighted by Gasteiger charge is 2.19. The van der Waals surface area contributed by atoms with Crippen LogP contribution in [0.3, 0.4) is 0 Å². The fourth-order valence-electron chi connectivity index (χ4n) is 2.10. The molecule has 0 aromatic heterocycles. The second kappa shape index (κ2) is 8.23. The Labute approximate surface area is 146 Å². The molecule has 1 atom stereocenters. The first-order valence-electron chi connectivity index (χ1n) is 7.55. The lowest BCUT2D eigenvalue weighted by molar-refractivity contribution is -0.122. The van der Waals surface area contributed by atoms with Gasteiger partial charge < -0.3 is 10.1 Å². The van der Waals surface area contributed by atoms with Gasteiger partial charge in [-0.3, -0.25) is 4.79 Å². The number of aryl methyl sites for hydroxylation is 1. The fourth-order valence-corrected chi connectivity index (χ4v) is 2.43. The van der Waals surface area contributed by atoms with Gasteiger partial charge in [-0.05, 0) is 48.7 Å². The van der Waals surface area contributed by atoms with Gasteiger partial charge in [0.1, 0.15) is 5.75 Å². The van der Waals surface area contributed by atoms with Crippen LogP contribution < -0.4 is 10.1 Å². The van der Waals surface area contributed by atoms with Crippen molar-refractivity contribution in [3.8, 4) is 5.75 Å². The van der Waals surface area contributed by atoms with Crippen molar-refractivity contribution in [3.63, 3.8) is 0 Å². The van der Waals surface area contributed by atoms with E-state index in [9.17, 15) is 4.79 Å². The number of nitrogens with one attached hydrogen (secondary N) is 1. The predicted octanol–water partition coefficient (Wildman–Crippen LogP) is 5.35. The molecule has 2 aromatic carbocycles. The molecule has 0 saturated heterocycles. The molecule has 23 heavy (non-hydrogen) atoms. The van der Waals surface area contributed by atoms with Crippen LogP contribution in [0.1, 0.15) is 25.8 Å². The largest absolute Gasteiger partial charge is 0.481 e. The minimum Gasteiger partial charge on any atom is -0.481 e. The molecule has 0 aliphatic heterocycles. The zero-order chi connectivity index (χ0) is 16.8. The second-order valence-corrected chi connectivity index (χ2v) is 5.97. The number of carbonyl (C=O) groups is 1. The van der Waals surface area contributed by atoms with E-state index in [1.165, 1.54) is 5.56 Å². The summed E-state index contributed by atoms with van der Waals surface area (Å²) < 4.78 is 5.78. The summed E-state index contributed by atoms with van der Waals surface area (Å²) in [5.41, 5.74) is 1.70. The molecular weight excluding hydrogens is 333 g/mol. The van der Waals surface area contributed by atoms with Crippen LogP contribution in [0.5, 0.6) is 5.75 Å². The van der Waals surface area contributed by atoms with E-state index in [-0.39, 0.29) is 5.91 Å². The average molecular weight is 352 g/mol. The third-order valence-corrected chi connectivity index (χ3v) is 4.02. The SMILES string of the molecule is CCc1ccc(O[C@@H](CC)C(=O)Nc2cc(Cl)ccc2Cl)cc1. The summed E-state index contributed by atoms with van der Waals surface area (Å²) in [6, 6.07) is 12.7. The molecule has 0 spiro atoms. The van der Waals surface area contributed by atoms with Crippen LogP contribution in [-0.4, -0.2) is 12.0 Å². The van der Waals surface area contributed by atoms with E-state index in [2.05, 4.69) is 12.2 Å². The first-order valence-corrected chi connectivity index (χ1v) is 8.30. The summed E-state index contributed by atoms with van der Waals surface area (Å²) in [5, 5.41) is 3.71. The maximum atomic E-state index is 12.4. The van der Waals surface area contributed by atoms with Crippen LogP contribution in [0.4, 0.5) is 5.69 Å². The second-order valence-electron chi connectivity index (χ2n) is 5.13. The third kappa shape index (κ3) is 4.88. The molecule has 0 aliphatic carbocycles. The minimum atomic E-state index is -0.600. The van der Waals surface area contributed by atoms with Crippen molar-refractivity contribution < 1.29 is 9.53 Å². The maximum Gasteiger partial charge on any atom is 0.265 e. The van der Waals surface area contributed by atoms with Gasteiger partial charge in [0.15, 0.2) is 6.10 Å². The highest BCUT2D eigenvalue weighted by Crippen LogP contribution is 2.26. The molecule has 0 saturated carbocycles. The molecule has 0 fully saturated rings. The Kier molecular flexibility index (Phi) is 6.31. The smallest absolute Gasteiger partial charge is 0.265 e. The molecular formula is C18H19Cl2NO2. The van der Waals surface area contributed by atoms with Gasteiger partial charge in [-0.15, -0.1) is 0 Å². The zero-order valence-corrected chi connectivity index (χ0v) is 14.6. The maximum absolute atomic E-state index is 12.4. The fraction of sp³-hybridized carbons (Fsp3) is 0.278. The standard InChI is InChI=1S/C18H19Cl2NO2/c1-3-12-5-8-14(9-6-12)23-17(4-2)18(22)21-16-11-13(19)7-10-15(16)20/h5-11,17H,3-4H2,1-2H3,(H,21,22)/t17-/m0/s1. The van der Waals surface area contributed by atoms with Gasteiger partial charge in [0.05, 0.1) is 10.7 Å².